The third kappa shape index (κ3) is 19.4. The molecule has 0 atom stereocenters. The summed E-state index contributed by atoms with van der Waals surface area (Å²) >= 11 is 5.55. The Morgan fingerprint density at radius 2 is 1.26 bits per heavy atom. The van der Waals surface area contributed by atoms with Crippen molar-refractivity contribution in [3.8, 4) is 11.4 Å². The van der Waals surface area contributed by atoms with Crippen molar-refractivity contribution in [2.24, 2.45) is 0 Å². The maximum Gasteiger partial charge on any atom is 1.00 e. The Kier molecular flexibility index (Phi) is 28.1. The summed E-state index contributed by atoms with van der Waals surface area (Å²) in [5, 5.41) is 17.5. The first-order valence-electron chi connectivity index (χ1n) is 18.1. The number of carbonyl (C=O) groups excluding carboxylic acids is 1. The van der Waals surface area contributed by atoms with E-state index in [1.165, 1.54) is 6.07 Å². The fourth-order valence-electron chi connectivity index (χ4n) is 5.31. The summed E-state index contributed by atoms with van der Waals surface area (Å²) in [6, 6.07) is 10.2. The molecule has 2 aliphatic rings. The molecule has 0 aromatic carbocycles. The molecule has 0 amide bonds. The molecule has 17 nitrogen and oxygen atoms in total. The number of halogens is 2. The van der Waals surface area contributed by atoms with E-state index in [2.05, 4.69) is 71.4 Å². The molecule has 0 bridgehead atoms. The number of hydrogen-bond donors (Lipinski definition) is 3. The Morgan fingerprint density at radius 3 is 1.66 bits per heavy atom. The van der Waals surface area contributed by atoms with Gasteiger partial charge in [0, 0.05) is 99.2 Å². The average molecular weight is 904 g/mol. The van der Waals surface area contributed by atoms with Crippen LogP contribution in [0, 0.1) is 0 Å². The Morgan fingerprint density at radius 1 is 0.810 bits per heavy atom. The SMILES string of the molecule is CC(C)(C)c1cc(N)n(-c2ccc(=O)[nH]c2)n1.CC(C)(C)c1cc(N)n(-c2ccc(=O)n(CCN3CCOCC3)c2)n1.Cl.ClCCN1CCOCC1.O=CO[O-].[H-].[K+].[K+]. The third-order valence-electron chi connectivity index (χ3n) is 8.54. The average Bonchev–Trinajstić information content (AvgIpc) is 3.76. The van der Waals surface area contributed by atoms with Crippen LogP contribution in [-0.2, 0) is 36.5 Å². The standard InChI is InChI=1S/C18H27N5O2.C12H16N4O.C6H12ClNO.CH2O3.ClH.2K.H/c1-18(2,3)15-12-16(19)23(20-15)14-4-5-17(24)22(13-14)7-6-21-8-10-25-11-9-21;1-12(2,3)9-6-10(13)16(15-9)8-4-5-11(17)14-7-8;7-1-2-8-3-5-9-6-4-8;2-1-4-3;;;;/h4-5,12-13H,6-11,19H2,1-3H3;4-7H,13H2,1-3H3,(H,14,17);1-6H2;1,3H;1H;;;/q;;;;;2*+1;-1/p-1. The molecule has 0 spiro atoms. The predicted octanol–water partition coefficient (Wildman–Crippen LogP) is -3.78. The Balaban J connectivity index is 0. The molecule has 21 heteroatoms. The van der Waals surface area contributed by atoms with E-state index in [0.29, 0.717) is 18.2 Å². The summed E-state index contributed by atoms with van der Waals surface area (Å²) in [7, 11) is 0. The fourth-order valence-corrected chi connectivity index (χ4v) is 5.55. The van der Waals surface area contributed by atoms with Crippen LogP contribution in [0.5, 0.6) is 0 Å². The van der Waals surface area contributed by atoms with Crippen LogP contribution >= 0.6 is 24.0 Å². The van der Waals surface area contributed by atoms with E-state index in [0.717, 1.165) is 94.3 Å². The third-order valence-corrected chi connectivity index (χ3v) is 8.71. The zero-order valence-electron chi connectivity index (χ0n) is 36.1. The second kappa shape index (κ2) is 28.6. The molecule has 4 aromatic heterocycles. The molecule has 5 N–H and O–H groups in total. The van der Waals surface area contributed by atoms with E-state index in [-0.39, 0.29) is 145 Å². The number of morpholine rings is 2. The number of anilines is 2. The van der Waals surface area contributed by atoms with E-state index in [4.69, 9.17) is 42.6 Å². The summed E-state index contributed by atoms with van der Waals surface area (Å²) in [4.78, 5) is 41.6. The van der Waals surface area contributed by atoms with Crippen molar-refractivity contribution in [3.63, 3.8) is 0 Å². The fraction of sp³-hybridized carbons (Fsp3) is 0.541. The number of carbonyl (C=O) groups is 1. The number of nitrogens with two attached hydrogens (primary N) is 2. The zero-order valence-corrected chi connectivity index (χ0v) is 42.9. The monoisotopic (exact) mass is 902 g/mol. The van der Waals surface area contributed by atoms with Crippen LogP contribution in [0.4, 0.5) is 11.6 Å². The van der Waals surface area contributed by atoms with E-state index in [9.17, 15) is 9.59 Å². The number of nitrogens with zero attached hydrogens (tertiary/aromatic N) is 7. The first kappa shape index (κ1) is 57.0. The maximum absolute atomic E-state index is 12.2. The van der Waals surface area contributed by atoms with Gasteiger partial charge in [0.2, 0.25) is 5.56 Å². The molecule has 6 rings (SSSR count). The minimum atomic E-state index is -0.181. The van der Waals surface area contributed by atoms with Gasteiger partial charge in [-0.2, -0.15) is 10.2 Å². The van der Waals surface area contributed by atoms with Crippen LogP contribution < -0.4 is 131 Å². The van der Waals surface area contributed by atoms with Crippen molar-refractivity contribution in [3.05, 3.63) is 80.9 Å². The number of hydrogen-bond acceptors (Lipinski definition) is 13. The van der Waals surface area contributed by atoms with Gasteiger partial charge in [-0.05, 0) is 12.1 Å². The molecule has 6 heterocycles. The number of nitrogen functional groups attached to an aromatic ring is 2. The summed E-state index contributed by atoms with van der Waals surface area (Å²) in [5.41, 5.74) is 15.2. The second-order valence-electron chi connectivity index (χ2n) is 14.9. The minimum absolute atomic E-state index is 0. The van der Waals surface area contributed by atoms with Crippen molar-refractivity contribution in [1.82, 2.24) is 38.9 Å². The van der Waals surface area contributed by atoms with Crippen LogP contribution in [0.25, 0.3) is 11.4 Å². The smallest absolute Gasteiger partial charge is 1.00 e. The Hall–Kier alpha value is -0.957. The van der Waals surface area contributed by atoms with Gasteiger partial charge in [-0.1, -0.05) is 41.5 Å². The number of pyridine rings is 2. The molecule has 0 unspecified atom stereocenters. The molecular formula is C37H58Cl2K2N10O7. The Bertz CT molecular complexity index is 1870. The van der Waals surface area contributed by atoms with Gasteiger partial charge in [0.1, 0.15) is 11.6 Å². The van der Waals surface area contributed by atoms with Gasteiger partial charge in [0.05, 0.1) is 49.2 Å². The van der Waals surface area contributed by atoms with Crippen molar-refractivity contribution in [2.75, 3.05) is 83.0 Å². The molecule has 58 heavy (non-hydrogen) atoms. The van der Waals surface area contributed by atoms with Gasteiger partial charge < -0.3 is 42.1 Å². The number of aromatic amines is 1. The van der Waals surface area contributed by atoms with Gasteiger partial charge in [-0.15, -0.1) is 24.0 Å². The van der Waals surface area contributed by atoms with Crippen LogP contribution in [0.1, 0.15) is 54.4 Å². The molecular weight excluding hydrogens is 846 g/mol. The molecule has 2 aliphatic heterocycles. The zero-order chi connectivity index (χ0) is 40.6. The normalized spacial score (nSPS) is 14.3. The number of rotatable bonds is 8. The second-order valence-corrected chi connectivity index (χ2v) is 15.2. The van der Waals surface area contributed by atoms with Gasteiger partial charge in [0.15, 0.2) is 0 Å². The molecule has 0 aliphatic carbocycles. The molecule has 2 saturated heterocycles. The molecule has 4 aromatic rings. The number of ether oxygens (including phenoxy) is 2. The van der Waals surface area contributed by atoms with E-state index in [1.54, 1.807) is 38.3 Å². The molecule has 2 fully saturated rings. The topological polar surface area (TPSA) is 217 Å². The quantitative estimate of drug-likeness (QED) is 0.0510. The van der Waals surface area contributed by atoms with Gasteiger partial charge in [-0.3, -0.25) is 24.2 Å². The van der Waals surface area contributed by atoms with Gasteiger partial charge >= 0.3 is 103 Å². The van der Waals surface area contributed by atoms with Crippen molar-refractivity contribution in [1.29, 1.82) is 0 Å². The van der Waals surface area contributed by atoms with Crippen LogP contribution in [0.2, 0.25) is 0 Å². The van der Waals surface area contributed by atoms with Crippen LogP contribution in [0.3, 0.4) is 0 Å². The van der Waals surface area contributed by atoms with E-state index >= 15 is 0 Å². The summed E-state index contributed by atoms with van der Waals surface area (Å²) in [6.45, 7) is 22.0. The van der Waals surface area contributed by atoms with Crippen LogP contribution in [0.15, 0.2) is 58.4 Å². The largest absolute Gasteiger partial charge is 1.00 e. The molecule has 0 saturated carbocycles. The molecule has 314 valence electrons. The summed E-state index contributed by atoms with van der Waals surface area (Å²) in [5.74, 6) is 1.87. The first-order chi connectivity index (χ1) is 26.1. The van der Waals surface area contributed by atoms with Gasteiger partial charge in [0.25, 0.3) is 12.0 Å². The van der Waals surface area contributed by atoms with Crippen molar-refractivity contribution < 1.29 is 129 Å². The van der Waals surface area contributed by atoms with Crippen molar-refractivity contribution >= 4 is 42.1 Å². The predicted molar refractivity (Wildman–Crippen MR) is 219 cm³/mol. The Labute approximate surface area is 438 Å². The summed E-state index contributed by atoms with van der Waals surface area (Å²) in [6.07, 6.45) is 3.43. The number of nitrogens with one attached hydrogen (secondary N) is 1. The maximum atomic E-state index is 12.2. The van der Waals surface area contributed by atoms with E-state index in [1.807, 2.05) is 18.3 Å². The number of H-pyrrole nitrogens is 1. The number of aromatic nitrogens is 6. The minimum Gasteiger partial charge on any atom is -1.00 e. The number of alkyl halides is 1. The molecule has 0 radical (unpaired) electrons. The van der Waals surface area contributed by atoms with Crippen LogP contribution in [-0.4, -0.2) is 117 Å². The first-order valence-corrected chi connectivity index (χ1v) is 18.6. The van der Waals surface area contributed by atoms with E-state index < -0.39 is 0 Å². The van der Waals surface area contributed by atoms with Gasteiger partial charge in [-0.25, -0.2) is 9.36 Å². The van der Waals surface area contributed by atoms with Crippen molar-refractivity contribution in [2.45, 2.75) is 58.9 Å². The summed E-state index contributed by atoms with van der Waals surface area (Å²) < 4.78 is 15.6.